The molecule has 1 fully saturated rings. The number of esters is 1. The van der Waals surface area contributed by atoms with E-state index in [0.29, 0.717) is 19.8 Å². The van der Waals surface area contributed by atoms with Gasteiger partial charge in [-0.2, -0.15) is 0 Å². The van der Waals surface area contributed by atoms with E-state index in [1.165, 1.54) is 7.11 Å². The fourth-order valence-corrected chi connectivity index (χ4v) is 1.69. The molecule has 0 saturated carbocycles. The minimum absolute atomic E-state index is 0.179. The van der Waals surface area contributed by atoms with Gasteiger partial charge in [-0.05, 0) is 19.9 Å². The lowest BCUT2D eigenvalue weighted by atomic mass is 9.90. The van der Waals surface area contributed by atoms with E-state index < -0.39 is 11.9 Å². The Hall–Kier alpha value is -1.14. The van der Waals surface area contributed by atoms with Gasteiger partial charge in [0.15, 0.2) is 0 Å². The molecule has 0 spiro atoms. The minimum Gasteiger partial charge on any atom is -0.462 e. The third kappa shape index (κ3) is 3.18. The summed E-state index contributed by atoms with van der Waals surface area (Å²) in [5.41, 5.74) is -0.179. The number of amides is 1. The molecular weight excluding hydrogens is 212 g/mol. The van der Waals surface area contributed by atoms with Crippen LogP contribution in [0, 0.1) is 0 Å². The summed E-state index contributed by atoms with van der Waals surface area (Å²) in [5.74, 6) is -1.57. The Morgan fingerprint density at radius 2 is 2.00 bits per heavy atom. The Kier molecular flexibility index (Phi) is 4.70. The van der Waals surface area contributed by atoms with Gasteiger partial charge in [0.2, 0.25) is 0 Å². The maximum atomic E-state index is 11.2. The van der Waals surface area contributed by atoms with Crippen molar-refractivity contribution >= 4 is 11.9 Å². The highest BCUT2D eigenvalue weighted by molar-refractivity contribution is 6.32. The molecule has 1 aliphatic rings. The monoisotopic (exact) mass is 230 g/mol. The van der Waals surface area contributed by atoms with Gasteiger partial charge in [-0.25, -0.2) is 4.79 Å². The number of ether oxygens (including phenoxy) is 2. The number of nitrogens with one attached hydrogen (secondary N) is 2. The number of likely N-dealkylation sites (N-methyl/N-ethyl adjacent to an activating group) is 1. The van der Waals surface area contributed by atoms with Crippen LogP contribution in [-0.4, -0.2) is 51.3 Å². The number of hydrogen-bond donors (Lipinski definition) is 2. The van der Waals surface area contributed by atoms with Gasteiger partial charge in [-0.1, -0.05) is 0 Å². The molecule has 0 bridgehead atoms. The maximum absolute atomic E-state index is 11.2. The van der Waals surface area contributed by atoms with Crippen molar-refractivity contribution in [3.63, 3.8) is 0 Å². The summed E-state index contributed by atoms with van der Waals surface area (Å²) in [6.07, 6.45) is 1.62. The smallest absolute Gasteiger partial charge is 0.396 e. The lowest BCUT2D eigenvalue weighted by molar-refractivity contribution is -0.152. The Balaban J connectivity index is 2.44. The Morgan fingerprint density at radius 3 is 2.50 bits per heavy atom. The van der Waals surface area contributed by atoms with E-state index in [0.717, 1.165) is 12.8 Å². The minimum atomic E-state index is -0.863. The van der Waals surface area contributed by atoms with Crippen LogP contribution in [0.25, 0.3) is 0 Å². The number of rotatable bonds is 3. The van der Waals surface area contributed by atoms with Crippen molar-refractivity contribution in [2.24, 2.45) is 0 Å². The van der Waals surface area contributed by atoms with E-state index in [1.807, 2.05) is 7.05 Å². The fraction of sp³-hybridized carbons (Fsp3) is 0.800. The van der Waals surface area contributed by atoms with Gasteiger partial charge in [0.25, 0.3) is 0 Å². The molecule has 0 atom stereocenters. The van der Waals surface area contributed by atoms with Gasteiger partial charge < -0.3 is 20.1 Å². The summed E-state index contributed by atoms with van der Waals surface area (Å²) in [5, 5.41) is 5.75. The fourth-order valence-electron chi connectivity index (χ4n) is 1.69. The molecule has 1 rings (SSSR count). The van der Waals surface area contributed by atoms with Crippen LogP contribution < -0.4 is 10.6 Å². The van der Waals surface area contributed by atoms with Crippen LogP contribution in [-0.2, 0) is 19.1 Å². The molecule has 1 amide bonds. The molecule has 0 radical (unpaired) electrons. The molecule has 0 aliphatic carbocycles. The van der Waals surface area contributed by atoms with Crippen molar-refractivity contribution in [2.45, 2.75) is 18.4 Å². The van der Waals surface area contributed by atoms with Crippen molar-refractivity contribution in [3.8, 4) is 0 Å². The van der Waals surface area contributed by atoms with E-state index in [2.05, 4.69) is 15.4 Å². The Bertz CT molecular complexity index is 262. The van der Waals surface area contributed by atoms with E-state index >= 15 is 0 Å². The highest BCUT2D eigenvalue weighted by atomic mass is 16.5. The van der Waals surface area contributed by atoms with Crippen LogP contribution >= 0.6 is 0 Å². The van der Waals surface area contributed by atoms with Gasteiger partial charge in [0.1, 0.15) is 0 Å². The predicted molar refractivity (Wildman–Crippen MR) is 56.9 cm³/mol. The van der Waals surface area contributed by atoms with Crippen LogP contribution in [0.4, 0.5) is 0 Å². The van der Waals surface area contributed by atoms with Crippen molar-refractivity contribution in [3.05, 3.63) is 0 Å². The average molecular weight is 230 g/mol. The van der Waals surface area contributed by atoms with Gasteiger partial charge in [0.05, 0.1) is 7.11 Å². The molecule has 6 nitrogen and oxygen atoms in total. The molecular formula is C10H18N2O4. The van der Waals surface area contributed by atoms with Gasteiger partial charge in [0, 0.05) is 25.3 Å². The van der Waals surface area contributed by atoms with Crippen LogP contribution in [0.2, 0.25) is 0 Å². The maximum Gasteiger partial charge on any atom is 0.396 e. The zero-order valence-corrected chi connectivity index (χ0v) is 9.67. The van der Waals surface area contributed by atoms with E-state index in [1.54, 1.807) is 0 Å². The highest BCUT2D eigenvalue weighted by Crippen LogP contribution is 2.19. The van der Waals surface area contributed by atoms with Gasteiger partial charge in [-0.15, -0.1) is 0 Å². The first-order valence-corrected chi connectivity index (χ1v) is 5.26. The molecule has 1 aliphatic heterocycles. The number of hydrogen-bond acceptors (Lipinski definition) is 5. The predicted octanol–water partition coefficient (Wildman–Crippen LogP) is -0.956. The van der Waals surface area contributed by atoms with Crippen LogP contribution in [0.5, 0.6) is 0 Å². The first-order valence-electron chi connectivity index (χ1n) is 5.26. The molecule has 92 valence electrons. The quantitative estimate of drug-likeness (QED) is 0.482. The standard InChI is InChI=1S/C10H18N2O4/c1-11-10(3-5-16-6-4-10)7-12-8(13)9(14)15-2/h11H,3-7H2,1-2H3,(H,12,13). The topological polar surface area (TPSA) is 76.7 Å². The van der Waals surface area contributed by atoms with Crippen molar-refractivity contribution in [1.82, 2.24) is 10.6 Å². The molecule has 6 heteroatoms. The largest absolute Gasteiger partial charge is 0.462 e. The van der Waals surface area contributed by atoms with E-state index in [9.17, 15) is 9.59 Å². The summed E-state index contributed by atoms with van der Waals surface area (Å²) in [6.45, 7) is 1.73. The average Bonchev–Trinajstić information content (AvgIpc) is 2.36. The first-order chi connectivity index (χ1) is 7.63. The molecule has 2 N–H and O–H groups in total. The van der Waals surface area contributed by atoms with E-state index in [-0.39, 0.29) is 5.54 Å². The molecule has 0 aromatic carbocycles. The molecule has 1 saturated heterocycles. The second-order valence-corrected chi connectivity index (χ2v) is 3.82. The van der Waals surface area contributed by atoms with Crippen molar-refractivity contribution in [1.29, 1.82) is 0 Å². The van der Waals surface area contributed by atoms with E-state index in [4.69, 9.17) is 4.74 Å². The van der Waals surface area contributed by atoms with Gasteiger partial charge >= 0.3 is 11.9 Å². The lowest BCUT2D eigenvalue weighted by Gasteiger charge is -2.36. The summed E-state index contributed by atoms with van der Waals surface area (Å²) in [6, 6.07) is 0. The number of carbonyl (C=O) groups is 2. The summed E-state index contributed by atoms with van der Waals surface area (Å²) in [4.78, 5) is 22.1. The molecule has 0 unspecified atom stereocenters. The summed E-state index contributed by atoms with van der Waals surface area (Å²) < 4.78 is 9.58. The zero-order chi connectivity index (χ0) is 12.0. The second-order valence-electron chi connectivity index (χ2n) is 3.82. The number of methoxy groups -OCH3 is 1. The second kappa shape index (κ2) is 5.81. The molecule has 0 aromatic rings. The highest BCUT2D eigenvalue weighted by Gasteiger charge is 2.31. The molecule has 1 heterocycles. The molecule has 16 heavy (non-hydrogen) atoms. The van der Waals surface area contributed by atoms with Crippen LogP contribution in [0.1, 0.15) is 12.8 Å². The number of carbonyl (C=O) groups excluding carboxylic acids is 2. The van der Waals surface area contributed by atoms with Crippen LogP contribution in [0.3, 0.4) is 0 Å². The zero-order valence-electron chi connectivity index (χ0n) is 9.67. The van der Waals surface area contributed by atoms with Crippen LogP contribution in [0.15, 0.2) is 0 Å². The van der Waals surface area contributed by atoms with Gasteiger partial charge in [-0.3, -0.25) is 4.79 Å². The summed E-state index contributed by atoms with van der Waals surface area (Å²) >= 11 is 0. The normalized spacial score (nSPS) is 18.9. The lowest BCUT2D eigenvalue weighted by Crippen LogP contribution is -2.55. The Morgan fingerprint density at radius 1 is 1.38 bits per heavy atom. The third-order valence-corrected chi connectivity index (χ3v) is 2.94. The first kappa shape index (κ1) is 12.9. The Labute approximate surface area is 94.7 Å². The third-order valence-electron chi connectivity index (χ3n) is 2.94. The summed E-state index contributed by atoms with van der Waals surface area (Å²) in [7, 11) is 3.03. The van der Waals surface area contributed by atoms with Crippen molar-refractivity contribution < 1.29 is 19.1 Å². The van der Waals surface area contributed by atoms with Crippen molar-refractivity contribution in [2.75, 3.05) is 33.9 Å². The SMILES string of the molecule is CNC1(CNC(=O)C(=O)OC)CCOCC1. The molecule has 0 aromatic heterocycles.